The van der Waals surface area contributed by atoms with E-state index in [-0.39, 0.29) is 22.9 Å². The van der Waals surface area contributed by atoms with Crippen molar-refractivity contribution < 1.29 is 14.7 Å². The summed E-state index contributed by atoms with van der Waals surface area (Å²) in [5.74, 6) is 0.276. The molecule has 1 aliphatic rings. The van der Waals surface area contributed by atoms with Gasteiger partial charge in [0.25, 0.3) is 0 Å². The molecule has 1 fully saturated rings. The first-order chi connectivity index (χ1) is 12.1. The second-order valence-electron chi connectivity index (χ2n) is 5.89. The fourth-order valence-electron chi connectivity index (χ4n) is 2.93. The van der Waals surface area contributed by atoms with Crippen molar-refractivity contribution in [2.75, 3.05) is 5.75 Å². The van der Waals surface area contributed by atoms with Crippen molar-refractivity contribution >= 4 is 23.6 Å². The Hall–Kier alpha value is -2.47. The minimum Gasteiger partial charge on any atom is -0.508 e. The maximum absolute atomic E-state index is 12.6. The van der Waals surface area contributed by atoms with E-state index in [1.165, 1.54) is 18.7 Å². The van der Waals surface area contributed by atoms with Crippen LogP contribution in [-0.2, 0) is 16.1 Å². The zero-order chi connectivity index (χ0) is 17.8. The topological polar surface area (TPSA) is 69.6 Å². The molecule has 0 bridgehead atoms. The summed E-state index contributed by atoms with van der Waals surface area (Å²) >= 11 is 1.49. The number of rotatable bonds is 4. The molecule has 0 aromatic heterocycles. The summed E-state index contributed by atoms with van der Waals surface area (Å²) < 4.78 is 0. The fourth-order valence-corrected chi connectivity index (χ4v) is 4.44. The van der Waals surface area contributed by atoms with Crippen LogP contribution in [0.15, 0.2) is 54.6 Å². The Morgan fingerprint density at radius 1 is 1.16 bits per heavy atom. The lowest BCUT2D eigenvalue weighted by Crippen LogP contribution is -2.47. The Kier molecular flexibility index (Phi) is 5.28. The highest BCUT2D eigenvalue weighted by molar-refractivity contribution is 7.99. The summed E-state index contributed by atoms with van der Waals surface area (Å²) in [5, 5.41) is 12.6. The molecule has 3 rings (SSSR count). The molecule has 25 heavy (non-hydrogen) atoms. The number of hydrogen-bond donors (Lipinski definition) is 2. The van der Waals surface area contributed by atoms with Gasteiger partial charge in [-0.15, -0.1) is 11.8 Å². The first-order valence-corrected chi connectivity index (χ1v) is 9.13. The number of nitrogens with one attached hydrogen (secondary N) is 1. The molecule has 2 atom stereocenters. The van der Waals surface area contributed by atoms with Gasteiger partial charge >= 0.3 is 0 Å². The first kappa shape index (κ1) is 17.4. The lowest BCUT2D eigenvalue weighted by Gasteiger charge is -2.28. The lowest BCUT2D eigenvalue weighted by molar-refractivity contribution is -0.138. The van der Waals surface area contributed by atoms with Gasteiger partial charge in [-0.1, -0.05) is 48.5 Å². The molecule has 0 saturated carbocycles. The maximum atomic E-state index is 12.6. The summed E-state index contributed by atoms with van der Waals surface area (Å²) in [5.41, 5.74) is 1.66. The van der Waals surface area contributed by atoms with E-state index in [2.05, 4.69) is 5.32 Å². The molecular weight excluding hydrogens is 336 g/mol. The summed E-state index contributed by atoms with van der Waals surface area (Å²) in [6, 6.07) is 16.0. The summed E-state index contributed by atoms with van der Waals surface area (Å²) in [7, 11) is 0. The predicted octanol–water partition coefficient (Wildman–Crippen LogP) is 2.67. The van der Waals surface area contributed by atoms with Crippen LogP contribution in [0.4, 0.5) is 0 Å². The number of carbonyl (C=O) groups is 2. The van der Waals surface area contributed by atoms with Crippen molar-refractivity contribution in [3.05, 3.63) is 65.7 Å². The van der Waals surface area contributed by atoms with Crippen molar-refractivity contribution in [2.45, 2.75) is 24.9 Å². The van der Waals surface area contributed by atoms with E-state index in [0.29, 0.717) is 17.9 Å². The Bertz CT molecular complexity index is 766. The minimum atomic E-state index is -0.546. The monoisotopic (exact) mass is 356 g/mol. The summed E-state index contributed by atoms with van der Waals surface area (Å²) in [6.07, 6.45) is 0. The quantitative estimate of drug-likeness (QED) is 0.884. The fraction of sp³-hybridized carbons (Fsp3) is 0.263. The van der Waals surface area contributed by atoms with E-state index in [1.807, 2.05) is 36.4 Å². The van der Waals surface area contributed by atoms with Crippen molar-refractivity contribution in [1.29, 1.82) is 0 Å². The van der Waals surface area contributed by atoms with Crippen LogP contribution in [0.25, 0.3) is 0 Å². The average molecular weight is 356 g/mol. The van der Waals surface area contributed by atoms with Crippen LogP contribution >= 0.6 is 11.8 Å². The highest BCUT2D eigenvalue weighted by atomic mass is 32.2. The molecule has 1 heterocycles. The highest BCUT2D eigenvalue weighted by Crippen LogP contribution is 2.44. The molecule has 2 amide bonds. The van der Waals surface area contributed by atoms with Gasteiger partial charge in [0.1, 0.15) is 17.2 Å². The van der Waals surface area contributed by atoms with Crippen LogP contribution in [0.2, 0.25) is 0 Å². The Balaban J connectivity index is 1.74. The molecule has 0 spiro atoms. The van der Waals surface area contributed by atoms with E-state index in [1.54, 1.807) is 23.1 Å². The first-order valence-electron chi connectivity index (χ1n) is 8.08. The van der Waals surface area contributed by atoms with Crippen LogP contribution in [0, 0.1) is 0 Å². The van der Waals surface area contributed by atoms with Crippen LogP contribution in [-0.4, -0.2) is 33.6 Å². The lowest BCUT2D eigenvalue weighted by atomic mass is 10.1. The molecule has 1 saturated heterocycles. The number of hydrogen-bond acceptors (Lipinski definition) is 4. The van der Waals surface area contributed by atoms with Gasteiger partial charge in [-0.3, -0.25) is 9.59 Å². The van der Waals surface area contributed by atoms with E-state index in [4.69, 9.17) is 0 Å². The normalized spacial score (nSPS) is 19.6. The number of amides is 2. The smallest absolute Gasteiger partial charge is 0.243 e. The molecule has 1 aliphatic heterocycles. The van der Waals surface area contributed by atoms with Gasteiger partial charge < -0.3 is 15.3 Å². The molecule has 5 nitrogen and oxygen atoms in total. The third-order valence-electron chi connectivity index (χ3n) is 4.18. The number of thioether (sulfide) groups is 1. The van der Waals surface area contributed by atoms with Crippen LogP contribution in [0.5, 0.6) is 5.75 Å². The predicted molar refractivity (Wildman–Crippen MR) is 97.9 cm³/mol. The number of benzene rings is 2. The Labute approximate surface area is 151 Å². The molecule has 2 N–H and O–H groups in total. The maximum Gasteiger partial charge on any atom is 0.243 e. The highest BCUT2D eigenvalue weighted by Gasteiger charge is 2.41. The van der Waals surface area contributed by atoms with Gasteiger partial charge in [0.05, 0.1) is 0 Å². The van der Waals surface area contributed by atoms with Gasteiger partial charge in [0, 0.05) is 24.8 Å². The van der Waals surface area contributed by atoms with Crippen LogP contribution in [0.1, 0.15) is 23.4 Å². The molecular formula is C19H20N2O3S. The zero-order valence-corrected chi connectivity index (χ0v) is 14.7. The van der Waals surface area contributed by atoms with Gasteiger partial charge in [0.15, 0.2) is 0 Å². The molecule has 2 aromatic carbocycles. The molecule has 0 aliphatic carbocycles. The molecule has 6 heteroatoms. The molecule has 2 aromatic rings. The number of phenolic OH excluding ortho intramolecular Hbond substituents is 1. The van der Waals surface area contributed by atoms with E-state index < -0.39 is 6.04 Å². The number of phenols is 1. The van der Waals surface area contributed by atoms with Crippen molar-refractivity contribution in [3.63, 3.8) is 0 Å². The van der Waals surface area contributed by atoms with E-state index >= 15 is 0 Å². The molecule has 0 radical (unpaired) electrons. The number of aromatic hydroxyl groups is 1. The molecule has 0 unspecified atom stereocenters. The third-order valence-corrected chi connectivity index (χ3v) is 5.48. The second-order valence-corrected chi connectivity index (χ2v) is 7.00. The second kappa shape index (κ2) is 7.61. The summed E-state index contributed by atoms with van der Waals surface area (Å²) in [4.78, 5) is 26.4. The van der Waals surface area contributed by atoms with Gasteiger partial charge in [-0.05, 0) is 11.6 Å². The van der Waals surface area contributed by atoms with Gasteiger partial charge in [-0.25, -0.2) is 0 Å². The number of para-hydroxylation sites is 1. The average Bonchev–Trinajstić information content (AvgIpc) is 3.06. The standard InChI is InChI=1S/C19H20N2O3S/c1-13(22)21-16(18(24)20-11-14-7-3-2-4-8-14)12-25-19(21)15-9-5-6-10-17(15)23/h2-10,16,19,23H,11-12H2,1H3,(H,20,24)/t16-,19-/m0/s1. The van der Waals surface area contributed by atoms with Crippen LogP contribution in [0.3, 0.4) is 0 Å². The zero-order valence-electron chi connectivity index (χ0n) is 13.9. The number of carbonyl (C=O) groups excluding carboxylic acids is 2. The molecule has 130 valence electrons. The number of nitrogens with zero attached hydrogens (tertiary/aromatic N) is 1. The van der Waals surface area contributed by atoms with Gasteiger partial charge in [0.2, 0.25) is 11.8 Å². The Morgan fingerprint density at radius 2 is 1.84 bits per heavy atom. The van der Waals surface area contributed by atoms with E-state index in [9.17, 15) is 14.7 Å². The SMILES string of the molecule is CC(=O)N1[C@H](C(=O)NCc2ccccc2)CS[C@H]1c1ccccc1O. The van der Waals surface area contributed by atoms with Gasteiger partial charge in [-0.2, -0.15) is 0 Å². The van der Waals surface area contributed by atoms with Crippen molar-refractivity contribution in [2.24, 2.45) is 0 Å². The summed E-state index contributed by atoms with van der Waals surface area (Å²) in [6.45, 7) is 1.88. The largest absolute Gasteiger partial charge is 0.508 e. The van der Waals surface area contributed by atoms with Crippen molar-refractivity contribution in [3.8, 4) is 5.75 Å². The minimum absolute atomic E-state index is 0.136. The van der Waals surface area contributed by atoms with Crippen LogP contribution < -0.4 is 5.32 Å². The third kappa shape index (κ3) is 3.79. The Morgan fingerprint density at radius 3 is 2.52 bits per heavy atom. The van der Waals surface area contributed by atoms with Crippen molar-refractivity contribution in [1.82, 2.24) is 10.2 Å². The van der Waals surface area contributed by atoms with E-state index in [0.717, 1.165) is 5.56 Å².